The van der Waals surface area contributed by atoms with Crippen molar-refractivity contribution in [1.82, 2.24) is 24.2 Å². The molecule has 0 saturated carbocycles. The molecule has 8 nitrogen and oxygen atoms in total. The van der Waals surface area contributed by atoms with Gasteiger partial charge in [0, 0.05) is 24.5 Å². The molecule has 0 aromatic carbocycles. The topological polar surface area (TPSA) is 99.0 Å². The summed E-state index contributed by atoms with van der Waals surface area (Å²) in [6.45, 7) is 12.1. The van der Waals surface area contributed by atoms with E-state index in [1.807, 2.05) is 43.7 Å². The van der Waals surface area contributed by atoms with Crippen LogP contribution >= 0.6 is 0 Å². The quantitative estimate of drug-likeness (QED) is 0.516. The van der Waals surface area contributed by atoms with Crippen LogP contribution in [0.3, 0.4) is 0 Å². The molecule has 0 amide bonds. The van der Waals surface area contributed by atoms with E-state index in [4.69, 9.17) is 14.7 Å². The average molecular weight is 460 g/mol. The first-order chi connectivity index (χ1) is 15.1. The lowest BCUT2D eigenvalue weighted by molar-refractivity contribution is 0.397. The molecule has 3 rings (SSSR count). The van der Waals surface area contributed by atoms with Crippen molar-refractivity contribution >= 4 is 21.2 Å². The number of pyridine rings is 1. The highest BCUT2D eigenvalue weighted by atomic mass is 32.2. The Morgan fingerprint density at radius 2 is 1.84 bits per heavy atom. The van der Waals surface area contributed by atoms with Gasteiger partial charge in [-0.3, -0.25) is 0 Å². The Bertz CT molecular complexity index is 1220. The number of rotatable bonds is 9. The van der Waals surface area contributed by atoms with Gasteiger partial charge in [-0.05, 0) is 50.8 Å². The molecule has 0 aliphatic carbocycles. The molecule has 9 heteroatoms. The molecule has 0 aliphatic heterocycles. The second-order valence-corrected chi connectivity index (χ2v) is 10.4. The van der Waals surface area contributed by atoms with E-state index in [9.17, 15) is 8.42 Å². The highest BCUT2D eigenvalue weighted by Crippen LogP contribution is 2.33. The Labute approximate surface area is 190 Å². The summed E-state index contributed by atoms with van der Waals surface area (Å²) in [5.41, 5.74) is 5.78. The molecule has 0 aliphatic rings. The summed E-state index contributed by atoms with van der Waals surface area (Å²) in [7, 11) is -1.65. The Hall–Kier alpha value is -2.52. The van der Waals surface area contributed by atoms with Crippen molar-refractivity contribution in [3.63, 3.8) is 0 Å². The van der Waals surface area contributed by atoms with Gasteiger partial charge in [0.1, 0.15) is 5.52 Å². The van der Waals surface area contributed by atoms with Crippen LogP contribution in [0.5, 0.6) is 5.88 Å². The fraction of sp³-hybridized carbons (Fsp3) is 0.522. The summed E-state index contributed by atoms with van der Waals surface area (Å²) >= 11 is 0. The number of sulfonamides is 1. The van der Waals surface area contributed by atoms with Crippen molar-refractivity contribution in [2.75, 3.05) is 19.4 Å². The van der Waals surface area contributed by atoms with Gasteiger partial charge in [-0.25, -0.2) is 28.1 Å². The molecular formula is C23H33N5O3S. The highest BCUT2D eigenvalue weighted by molar-refractivity contribution is 7.89. The number of hydrogen-bond acceptors (Lipinski definition) is 6. The molecule has 174 valence electrons. The minimum Gasteiger partial charge on any atom is -0.480 e. The number of nitrogens with one attached hydrogen (secondary N) is 1. The van der Waals surface area contributed by atoms with E-state index in [1.165, 1.54) is 0 Å². The van der Waals surface area contributed by atoms with E-state index in [1.54, 1.807) is 14.0 Å². The molecular weight excluding hydrogens is 426 g/mol. The fourth-order valence-corrected chi connectivity index (χ4v) is 4.34. The van der Waals surface area contributed by atoms with Gasteiger partial charge < -0.3 is 9.30 Å². The zero-order valence-electron chi connectivity index (χ0n) is 19.9. The third-order valence-electron chi connectivity index (χ3n) is 5.71. The minimum absolute atomic E-state index is 0.0582. The number of aryl methyl sites for hydroxylation is 2. The number of hydrogen-bond donors (Lipinski definition) is 1. The summed E-state index contributed by atoms with van der Waals surface area (Å²) < 4.78 is 34.2. The third kappa shape index (κ3) is 4.78. The van der Waals surface area contributed by atoms with E-state index in [0.717, 1.165) is 45.8 Å². The van der Waals surface area contributed by atoms with Crippen molar-refractivity contribution in [3.05, 3.63) is 35.3 Å². The molecule has 0 spiro atoms. The number of ether oxygens (including phenoxy) is 1. The van der Waals surface area contributed by atoms with E-state index in [-0.39, 0.29) is 11.8 Å². The first-order valence-corrected chi connectivity index (χ1v) is 12.6. The van der Waals surface area contributed by atoms with Gasteiger partial charge in [-0.2, -0.15) is 0 Å². The lowest BCUT2D eigenvalue weighted by atomic mass is 10.1. The van der Waals surface area contributed by atoms with Crippen molar-refractivity contribution in [1.29, 1.82) is 0 Å². The average Bonchev–Trinajstić information content (AvgIpc) is 3.08. The first kappa shape index (κ1) is 24.1. The normalized spacial score (nSPS) is 13.1. The lowest BCUT2D eigenvalue weighted by Crippen LogP contribution is -2.31. The van der Waals surface area contributed by atoms with Gasteiger partial charge in [-0.1, -0.05) is 20.8 Å². The van der Waals surface area contributed by atoms with Crippen LogP contribution in [0.15, 0.2) is 18.3 Å². The van der Waals surface area contributed by atoms with E-state index >= 15 is 0 Å². The summed E-state index contributed by atoms with van der Waals surface area (Å²) in [6.07, 6.45) is 2.76. The minimum atomic E-state index is -3.27. The maximum absolute atomic E-state index is 11.9. The molecule has 1 unspecified atom stereocenters. The number of aromatic nitrogens is 4. The Morgan fingerprint density at radius 1 is 1.12 bits per heavy atom. The zero-order chi connectivity index (χ0) is 23.6. The molecule has 0 bridgehead atoms. The summed E-state index contributed by atoms with van der Waals surface area (Å²) in [5, 5.41) is 0. The van der Waals surface area contributed by atoms with Crippen molar-refractivity contribution in [3.8, 4) is 17.1 Å². The van der Waals surface area contributed by atoms with Crippen LogP contribution in [0, 0.1) is 13.8 Å². The molecule has 0 radical (unpaired) electrons. The van der Waals surface area contributed by atoms with Gasteiger partial charge >= 0.3 is 0 Å². The molecule has 32 heavy (non-hydrogen) atoms. The van der Waals surface area contributed by atoms with Crippen molar-refractivity contribution in [2.24, 2.45) is 0 Å². The van der Waals surface area contributed by atoms with Crippen LogP contribution in [-0.4, -0.2) is 47.3 Å². The predicted octanol–water partition coefficient (Wildman–Crippen LogP) is 4.13. The highest BCUT2D eigenvalue weighted by Gasteiger charge is 2.21. The molecule has 3 heterocycles. The maximum Gasteiger partial charge on any atom is 0.222 e. The number of methoxy groups -OCH3 is 1. The monoisotopic (exact) mass is 459 g/mol. The van der Waals surface area contributed by atoms with Crippen LogP contribution in [-0.2, 0) is 10.0 Å². The SMILES string of the molecule is CCC(CNS(=O)(=O)CC)n1cc(C)c2nc(-c3ccc(C(C)C)nc3OC)c(C)nc21. The lowest BCUT2D eigenvalue weighted by Gasteiger charge is -2.19. The van der Waals surface area contributed by atoms with Gasteiger partial charge in [0.2, 0.25) is 15.9 Å². The Balaban J connectivity index is 2.08. The van der Waals surface area contributed by atoms with Gasteiger partial charge in [0.25, 0.3) is 0 Å². The fourth-order valence-electron chi connectivity index (χ4n) is 3.69. The second-order valence-electron chi connectivity index (χ2n) is 8.31. The molecule has 0 fully saturated rings. The van der Waals surface area contributed by atoms with Crippen LogP contribution in [0.4, 0.5) is 0 Å². The third-order valence-corrected chi connectivity index (χ3v) is 7.07. The number of fused-ring (bicyclic) bond motifs is 1. The molecule has 3 aromatic heterocycles. The van der Waals surface area contributed by atoms with Crippen LogP contribution in [0.1, 0.15) is 63.0 Å². The molecule has 0 saturated heterocycles. The smallest absolute Gasteiger partial charge is 0.222 e. The standard InChI is InChI=1S/C23H33N5O3S/c1-8-17(12-24-32(29,30)9-2)28-13-15(5)20-22(28)25-16(6)21(27-20)18-10-11-19(14(3)4)26-23(18)31-7/h10-11,13-14,17,24H,8-9,12H2,1-7H3. The number of nitrogens with zero attached hydrogens (tertiary/aromatic N) is 4. The van der Waals surface area contributed by atoms with E-state index in [2.05, 4.69) is 23.6 Å². The van der Waals surface area contributed by atoms with Gasteiger partial charge in [0.15, 0.2) is 5.65 Å². The largest absolute Gasteiger partial charge is 0.480 e. The summed E-state index contributed by atoms with van der Waals surface area (Å²) in [4.78, 5) is 14.5. The Kier molecular flexibility index (Phi) is 7.19. The van der Waals surface area contributed by atoms with Crippen LogP contribution < -0.4 is 9.46 Å². The van der Waals surface area contributed by atoms with Crippen LogP contribution in [0.2, 0.25) is 0 Å². The van der Waals surface area contributed by atoms with Crippen LogP contribution in [0.25, 0.3) is 22.4 Å². The van der Waals surface area contributed by atoms with E-state index < -0.39 is 10.0 Å². The van der Waals surface area contributed by atoms with Gasteiger partial charge in [0.05, 0.1) is 29.8 Å². The maximum atomic E-state index is 11.9. The summed E-state index contributed by atoms with van der Waals surface area (Å²) in [6, 6.07) is 3.93. The molecule has 1 N–H and O–H groups in total. The second kappa shape index (κ2) is 9.54. The molecule has 1 atom stereocenters. The van der Waals surface area contributed by atoms with Gasteiger partial charge in [-0.15, -0.1) is 0 Å². The molecule has 3 aromatic rings. The first-order valence-electron chi connectivity index (χ1n) is 11.0. The predicted molar refractivity (Wildman–Crippen MR) is 128 cm³/mol. The van der Waals surface area contributed by atoms with Crippen molar-refractivity contribution in [2.45, 2.75) is 59.9 Å². The van der Waals surface area contributed by atoms with E-state index in [0.29, 0.717) is 18.3 Å². The zero-order valence-corrected chi connectivity index (χ0v) is 20.7. The van der Waals surface area contributed by atoms with Crippen molar-refractivity contribution < 1.29 is 13.2 Å². The Morgan fingerprint density at radius 3 is 2.44 bits per heavy atom. The summed E-state index contributed by atoms with van der Waals surface area (Å²) in [5.74, 6) is 0.883.